The lowest BCUT2D eigenvalue weighted by molar-refractivity contribution is -0.141. The summed E-state index contributed by atoms with van der Waals surface area (Å²) in [5, 5.41) is 19.1. The van der Waals surface area contributed by atoms with Crippen molar-refractivity contribution in [3.63, 3.8) is 0 Å². The maximum Gasteiger partial charge on any atom is 0.325 e. The zero-order chi connectivity index (χ0) is 30.9. The monoisotopic (exact) mass is 589 g/mol. The number of unbranched alkanes of at least 4 members (excludes halogenated alkanes) is 1. The Morgan fingerprint density at radius 2 is 1.26 bits per heavy atom. The first-order chi connectivity index (χ1) is 20.7. The number of fused-ring (bicyclic) bond motifs is 2. The number of carboxylic acids is 1. The predicted molar refractivity (Wildman–Crippen MR) is 164 cm³/mol. The number of hydrogen-bond acceptors (Lipinski definition) is 6. The van der Waals surface area contributed by atoms with Crippen LogP contribution in [-0.4, -0.2) is 69.5 Å². The lowest BCUT2D eigenvalue weighted by Crippen LogP contribution is -2.57. The minimum absolute atomic E-state index is 0.0836. The number of carbonyl (C=O) groups excluding carboxylic acids is 3. The summed E-state index contributed by atoms with van der Waals surface area (Å²) >= 11 is 0. The zero-order valence-electron chi connectivity index (χ0n) is 24.1. The minimum atomic E-state index is -1.21. The topological polar surface area (TPSA) is 208 Å². The molecule has 12 heteroatoms. The molecule has 3 amide bonds. The number of aromatic amines is 2. The third kappa shape index (κ3) is 7.99. The largest absolute Gasteiger partial charge is 0.480 e. The Morgan fingerprint density at radius 3 is 1.77 bits per heavy atom. The van der Waals surface area contributed by atoms with Crippen LogP contribution >= 0.6 is 0 Å². The highest BCUT2D eigenvalue weighted by atomic mass is 16.4. The van der Waals surface area contributed by atoms with Crippen molar-refractivity contribution in [2.24, 2.45) is 11.5 Å². The van der Waals surface area contributed by atoms with Gasteiger partial charge in [0.2, 0.25) is 17.7 Å². The summed E-state index contributed by atoms with van der Waals surface area (Å²) in [4.78, 5) is 58.1. The van der Waals surface area contributed by atoms with Gasteiger partial charge in [-0.2, -0.15) is 0 Å². The van der Waals surface area contributed by atoms with Gasteiger partial charge in [-0.1, -0.05) is 42.8 Å². The summed E-state index contributed by atoms with van der Waals surface area (Å²) in [6, 6.07) is 10.9. The number of H-pyrrole nitrogens is 2. The molecule has 12 nitrogen and oxygen atoms in total. The number of nitrogens with one attached hydrogen (secondary N) is 5. The van der Waals surface area contributed by atoms with Crippen molar-refractivity contribution < 1.29 is 24.3 Å². The summed E-state index contributed by atoms with van der Waals surface area (Å²) in [6.07, 6.45) is 5.54. The predicted octanol–water partition coefficient (Wildman–Crippen LogP) is 1.45. The molecule has 228 valence electrons. The van der Waals surface area contributed by atoms with Crippen LogP contribution < -0.4 is 27.4 Å². The van der Waals surface area contributed by atoms with Gasteiger partial charge in [-0.05, 0) is 49.6 Å². The quantitative estimate of drug-likeness (QED) is 0.0956. The van der Waals surface area contributed by atoms with E-state index in [1.807, 2.05) is 48.5 Å². The number of aliphatic carboxylic acids is 1. The fourth-order valence-corrected chi connectivity index (χ4v) is 5.03. The highest BCUT2D eigenvalue weighted by molar-refractivity contribution is 5.95. The molecule has 4 aromatic rings. The Kier molecular flexibility index (Phi) is 10.5. The molecule has 0 bridgehead atoms. The molecule has 4 rings (SSSR count). The Balaban J connectivity index is 1.60. The maximum atomic E-state index is 13.9. The third-order valence-electron chi connectivity index (χ3n) is 7.50. The fourth-order valence-electron chi connectivity index (χ4n) is 5.03. The van der Waals surface area contributed by atoms with E-state index in [0.717, 1.165) is 39.4 Å². The number of carbonyl (C=O) groups is 4. The first-order valence-electron chi connectivity index (χ1n) is 14.4. The Hall–Kier alpha value is -4.68. The van der Waals surface area contributed by atoms with Gasteiger partial charge in [0.05, 0.1) is 6.04 Å². The van der Waals surface area contributed by atoms with E-state index in [0.29, 0.717) is 19.4 Å². The molecular formula is C31H39N7O5. The molecule has 4 unspecified atom stereocenters. The average molecular weight is 590 g/mol. The molecule has 43 heavy (non-hydrogen) atoms. The van der Waals surface area contributed by atoms with Crippen molar-refractivity contribution in [2.45, 2.75) is 63.2 Å². The van der Waals surface area contributed by atoms with Crippen molar-refractivity contribution in [1.82, 2.24) is 25.9 Å². The van der Waals surface area contributed by atoms with Crippen molar-refractivity contribution in [1.29, 1.82) is 0 Å². The first kappa shape index (κ1) is 31.3. The molecule has 2 heterocycles. The zero-order valence-corrected chi connectivity index (χ0v) is 24.1. The van der Waals surface area contributed by atoms with E-state index < -0.39 is 47.9 Å². The van der Waals surface area contributed by atoms with E-state index in [1.165, 1.54) is 6.92 Å². The van der Waals surface area contributed by atoms with Gasteiger partial charge in [0.1, 0.15) is 18.1 Å². The summed E-state index contributed by atoms with van der Waals surface area (Å²) in [5.74, 6) is -2.97. The summed E-state index contributed by atoms with van der Waals surface area (Å²) in [6.45, 7) is 1.83. The van der Waals surface area contributed by atoms with E-state index in [4.69, 9.17) is 11.5 Å². The van der Waals surface area contributed by atoms with Crippen LogP contribution in [0.1, 0.15) is 37.3 Å². The number of benzene rings is 2. The molecule has 0 saturated heterocycles. The van der Waals surface area contributed by atoms with Crippen LogP contribution in [-0.2, 0) is 32.0 Å². The minimum Gasteiger partial charge on any atom is -0.480 e. The Morgan fingerprint density at radius 1 is 0.767 bits per heavy atom. The molecule has 0 aliphatic heterocycles. The molecule has 4 atom stereocenters. The van der Waals surface area contributed by atoms with Crippen LogP contribution in [0.15, 0.2) is 60.9 Å². The molecule has 10 N–H and O–H groups in total. The van der Waals surface area contributed by atoms with Gasteiger partial charge in [-0.3, -0.25) is 19.2 Å². The molecule has 0 aliphatic rings. The maximum absolute atomic E-state index is 13.9. The second-order valence-electron chi connectivity index (χ2n) is 10.7. The van der Waals surface area contributed by atoms with Crippen molar-refractivity contribution in [2.75, 3.05) is 6.54 Å². The lowest BCUT2D eigenvalue weighted by atomic mass is 10.0. The van der Waals surface area contributed by atoms with E-state index >= 15 is 0 Å². The van der Waals surface area contributed by atoms with Crippen LogP contribution in [0.4, 0.5) is 0 Å². The van der Waals surface area contributed by atoms with E-state index in [9.17, 15) is 24.3 Å². The highest BCUT2D eigenvalue weighted by Gasteiger charge is 2.30. The van der Waals surface area contributed by atoms with Gasteiger partial charge < -0.3 is 42.5 Å². The van der Waals surface area contributed by atoms with Gasteiger partial charge in [-0.15, -0.1) is 0 Å². The highest BCUT2D eigenvalue weighted by Crippen LogP contribution is 2.21. The standard InChI is InChI=1S/C31H39N7O5/c1-18(31(42)43)36-29(40)26(14-19-16-34-24-11-4-2-8-21(19)24)38-30(41)27(37-28(39)23(33)10-6-7-13-32)15-20-17-35-25-12-5-3-9-22(20)25/h2-5,8-9,11-12,16-18,23,26-27,34-35H,6-7,10,13-15,32-33H2,1H3,(H,36,40)(H,37,39)(H,38,41)(H,42,43). The second kappa shape index (κ2) is 14.5. The van der Waals surface area contributed by atoms with E-state index in [-0.39, 0.29) is 12.8 Å². The van der Waals surface area contributed by atoms with Crippen molar-refractivity contribution in [3.8, 4) is 0 Å². The van der Waals surface area contributed by atoms with E-state index in [1.54, 1.807) is 12.4 Å². The Bertz CT molecular complexity index is 1580. The summed E-state index contributed by atoms with van der Waals surface area (Å²) in [5.41, 5.74) is 15.0. The third-order valence-corrected chi connectivity index (χ3v) is 7.50. The van der Waals surface area contributed by atoms with Crippen LogP contribution in [0.2, 0.25) is 0 Å². The molecular weight excluding hydrogens is 550 g/mol. The number of amides is 3. The number of hydrogen-bond donors (Lipinski definition) is 8. The number of aromatic nitrogens is 2. The summed E-state index contributed by atoms with van der Waals surface area (Å²) < 4.78 is 0. The number of para-hydroxylation sites is 2. The molecule has 0 aliphatic carbocycles. The lowest BCUT2D eigenvalue weighted by Gasteiger charge is -2.25. The van der Waals surface area contributed by atoms with Gasteiger partial charge in [0.25, 0.3) is 0 Å². The van der Waals surface area contributed by atoms with Crippen LogP contribution in [0.3, 0.4) is 0 Å². The van der Waals surface area contributed by atoms with Crippen LogP contribution in [0.5, 0.6) is 0 Å². The SMILES string of the molecule is CC(NC(=O)C(Cc1c[nH]c2ccccc12)NC(=O)C(Cc1c[nH]c2ccccc12)NC(=O)C(N)CCCCN)C(=O)O. The average Bonchev–Trinajstić information content (AvgIpc) is 3.60. The van der Waals surface area contributed by atoms with Crippen LogP contribution in [0.25, 0.3) is 21.8 Å². The molecule has 0 saturated carbocycles. The van der Waals surface area contributed by atoms with Gasteiger partial charge in [0.15, 0.2) is 0 Å². The second-order valence-corrected chi connectivity index (χ2v) is 10.7. The molecule has 0 radical (unpaired) electrons. The van der Waals surface area contributed by atoms with Crippen molar-refractivity contribution in [3.05, 3.63) is 72.1 Å². The van der Waals surface area contributed by atoms with Gasteiger partial charge >= 0.3 is 5.97 Å². The molecule has 0 spiro atoms. The van der Waals surface area contributed by atoms with Gasteiger partial charge in [-0.25, -0.2) is 0 Å². The first-order valence-corrected chi connectivity index (χ1v) is 14.4. The van der Waals surface area contributed by atoms with E-state index in [2.05, 4.69) is 25.9 Å². The normalized spacial score (nSPS) is 14.1. The molecule has 0 fully saturated rings. The smallest absolute Gasteiger partial charge is 0.325 e. The Labute approximate surface area is 249 Å². The molecule has 2 aromatic heterocycles. The van der Waals surface area contributed by atoms with Gasteiger partial charge in [0, 0.05) is 47.0 Å². The number of rotatable bonds is 15. The molecule has 2 aromatic carbocycles. The van der Waals surface area contributed by atoms with Crippen LogP contribution in [0, 0.1) is 0 Å². The number of nitrogens with two attached hydrogens (primary N) is 2. The van der Waals surface area contributed by atoms with Crippen molar-refractivity contribution >= 4 is 45.5 Å². The summed E-state index contributed by atoms with van der Waals surface area (Å²) in [7, 11) is 0. The number of carboxylic acid groups (broad SMARTS) is 1. The fraction of sp³-hybridized carbons (Fsp3) is 0.355.